The van der Waals surface area contributed by atoms with Crippen LogP contribution in [-0.4, -0.2) is 51.6 Å². The smallest absolute Gasteiger partial charge is 0.274 e. The van der Waals surface area contributed by atoms with Crippen LogP contribution in [0.3, 0.4) is 0 Å². The Kier molecular flexibility index (Phi) is 4.65. The van der Waals surface area contributed by atoms with Gasteiger partial charge in [0.15, 0.2) is 0 Å². The summed E-state index contributed by atoms with van der Waals surface area (Å²) in [5.41, 5.74) is 0. The maximum absolute atomic E-state index is 12.6. The zero-order valence-corrected chi connectivity index (χ0v) is 13.8. The van der Waals surface area contributed by atoms with Gasteiger partial charge in [-0.15, -0.1) is 0 Å². The number of rotatable bonds is 3. The van der Waals surface area contributed by atoms with Gasteiger partial charge in [-0.3, -0.25) is 4.90 Å². The summed E-state index contributed by atoms with van der Waals surface area (Å²) in [5, 5.41) is 0. The molecule has 0 aliphatic carbocycles. The van der Waals surface area contributed by atoms with E-state index in [9.17, 15) is 8.42 Å². The molecule has 122 valence electrons. The number of ether oxygens (including phenoxy) is 1. The molecule has 0 amide bonds. The second-order valence-electron chi connectivity index (χ2n) is 5.96. The lowest BCUT2D eigenvalue weighted by Crippen LogP contribution is -2.42. The lowest BCUT2D eigenvalue weighted by molar-refractivity contribution is -0.367. The SMILES string of the molecule is C[C@H]1CCCCN1c1ccc(S(=O)(=O)N2CCOCC2)c[nH+]1. The van der Waals surface area contributed by atoms with Crippen molar-refractivity contribution in [2.24, 2.45) is 0 Å². The standard InChI is InChI=1S/C15H23N3O3S/c1-13-4-2-3-7-18(13)15-6-5-14(12-16-15)22(19,20)17-8-10-21-11-9-17/h5-6,12-13H,2-4,7-11H2,1H3/p+1/t13-/m0/s1. The van der Waals surface area contributed by atoms with Crippen LogP contribution in [0, 0.1) is 0 Å². The molecule has 6 nitrogen and oxygen atoms in total. The molecule has 1 atom stereocenters. The van der Waals surface area contributed by atoms with Crippen LogP contribution in [0.5, 0.6) is 0 Å². The summed E-state index contributed by atoms with van der Waals surface area (Å²) in [6.45, 7) is 5.01. The number of aromatic nitrogens is 1. The normalized spacial score (nSPS) is 24.4. The average molecular weight is 326 g/mol. The van der Waals surface area contributed by atoms with Gasteiger partial charge in [0.2, 0.25) is 10.0 Å². The lowest BCUT2D eigenvalue weighted by Gasteiger charge is -2.28. The second kappa shape index (κ2) is 6.52. The van der Waals surface area contributed by atoms with Crippen LogP contribution >= 0.6 is 0 Å². The third-order valence-corrected chi connectivity index (χ3v) is 6.38. The molecular weight excluding hydrogens is 302 g/mol. The lowest BCUT2D eigenvalue weighted by atomic mass is 10.0. The van der Waals surface area contributed by atoms with Crippen molar-refractivity contribution in [1.82, 2.24) is 4.31 Å². The molecule has 7 heteroatoms. The highest BCUT2D eigenvalue weighted by atomic mass is 32.2. The Labute approximate surface area is 132 Å². The highest BCUT2D eigenvalue weighted by molar-refractivity contribution is 7.89. The summed E-state index contributed by atoms with van der Waals surface area (Å²) < 4.78 is 31.9. The molecule has 1 aromatic heterocycles. The van der Waals surface area contributed by atoms with Gasteiger partial charge in [0.05, 0.1) is 25.8 Å². The van der Waals surface area contributed by atoms with Crippen LogP contribution in [-0.2, 0) is 14.8 Å². The molecule has 22 heavy (non-hydrogen) atoms. The van der Waals surface area contributed by atoms with E-state index in [4.69, 9.17) is 4.74 Å². The number of nitrogens with one attached hydrogen (secondary N) is 1. The Morgan fingerprint density at radius 3 is 2.59 bits per heavy atom. The minimum atomic E-state index is -3.42. The summed E-state index contributed by atoms with van der Waals surface area (Å²) in [6.07, 6.45) is 5.25. The third kappa shape index (κ3) is 3.11. The Balaban J connectivity index is 1.78. The molecule has 2 aliphatic heterocycles. The summed E-state index contributed by atoms with van der Waals surface area (Å²) in [4.78, 5) is 5.81. The van der Waals surface area contributed by atoms with Gasteiger partial charge in [0.1, 0.15) is 11.1 Å². The first kappa shape index (κ1) is 15.7. The van der Waals surface area contributed by atoms with Crippen molar-refractivity contribution in [3.63, 3.8) is 0 Å². The zero-order valence-electron chi connectivity index (χ0n) is 13.0. The second-order valence-corrected chi connectivity index (χ2v) is 7.90. The quantitative estimate of drug-likeness (QED) is 0.828. The zero-order chi connectivity index (χ0) is 15.6. The molecule has 0 bridgehead atoms. The fraction of sp³-hybridized carbons (Fsp3) is 0.667. The molecule has 2 fully saturated rings. The van der Waals surface area contributed by atoms with Gasteiger partial charge in [0.25, 0.3) is 5.82 Å². The van der Waals surface area contributed by atoms with Gasteiger partial charge >= 0.3 is 0 Å². The van der Waals surface area contributed by atoms with Gasteiger partial charge in [-0.1, -0.05) is 0 Å². The maximum atomic E-state index is 12.6. The average Bonchev–Trinajstić information content (AvgIpc) is 2.56. The van der Waals surface area contributed by atoms with E-state index in [1.807, 2.05) is 6.07 Å². The molecule has 0 aromatic carbocycles. The van der Waals surface area contributed by atoms with Crippen molar-refractivity contribution >= 4 is 15.8 Å². The van der Waals surface area contributed by atoms with Crippen LogP contribution < -0.4 is 9.88 Å². The number of nitrogens with zero attached hydrogens (tertiary/aromatic N) is 2. The van der Waals surface area contributed by atoms with E-state index in [-0.39, 0.29) is 0 Å². The van der Waals surface area contributed by atoms with E-state index >= 15 is 0 Å². The number of anilines is 1. The van der Waals surface area contributed by atoms with Crippen LogP contribution in [0.1, 0.15) is 26.2 Å². The first-order valence-electron chi connectivity index (χ1n) is 7.95. The summed E-state index contributed by atoms with van der Waals surface area (Å²) >= 11 is 0. The predicted octanol–water partition coefficient (Wildman–Crippen LogP) is 0.900. The Morgan fingerprint density at radius 1 is 1.18 bits per heavy atom. The Hall–Kier alpha value is -1.18. The van der Waals surface area contributed by atoms with Gasteiger partial charge in [-0.25, -0.2) is 13.4 Å². The molecule has 0 unspecified atom stereocenters. The van der Waals surface area contributed by atoms with Crippen LogP contribution in [0.4, 0.5) is 5.82 Å². The fourth-order valence-corrected chi connectivity index (χ4v) is 4.51. The fourth-order valence-electron chi connectivity index (χ4n) is 3.13. The van der Waals surface area contributed by atoms with Gasteiger partial charge in [-0.05, 0) is 32.3 Å². The van der Waals surface area contributed by atoms with Crippen LogP contribution in [0.25, 0.3) is 0 Å². The monoisotopic (exact) mass is 326 g/mol. The minimum Gasteiger partial charge on any atom is -0.379 e. The number of hydrogen-bond donors (Lipinski definition) is 0. The van der Waals surface area contributed by atoms with Crippen molar-refractivity contribution in [2.75, 3.05) is 37.7 Å². The van der Waals surface area contributed by atoms with Crippen molar-refractivity contribution in [1.29, 1.82) is 0 Å². The number of piperidine rings is 1. The van der Waals surface area contributed by atoms with Crippen molar-refractivity contribution in [2.45, 2.75) is 37.1 Å². The minimum absolute atomic E-state index is 0.322. The van der Waals surface area contributed by atoms with Crippen molar-refractivity contribution < 1.29 is 18.1 Å². The Bertz CT molecular complexity index is 597. The predicted molar refractivity (Wildman–Crippen MR) is 83.2 cm³/mol. The molecule has 0 radical (unpaired) electrons. The van der Waals surface area contributed by atoms with E-state index < -0.39 is 10.0 Å². The van der Waals surface area contributed by atoms with Crippen molar-refractivity contribution in [3.05, 3.63) is 18.3 Å². The first-order valence-corrected chi connectivity index (χ1v) is 9.39. The molecule has 0 saturated carbocycles. The molecule has 3 rings (SSSR count). The number of morpholine rings is 1. The van der Waals surface area contributed by atoms with E-state index in [0.717, 1.165) is 12.4 Å². The van der Waals surface area contributed by atoms with E-state index in [1.165, 1.54) is 23.6 Å². The molecule has 2 aliphatic rings. The number of H-pyrrole nitrogens is 1. The Morgan fingerprint density at radius 2 is 1.95 bits per heavy atom. The summed E-state index contributed by atoms with van der Waals surface area (Å²) in [7, 11) is -3.42. The van der Waals surface area contributed by atoms with Crippen LogP contribution in [0.2, 0.25) is 0 Å². The third-order valence-electron chi connectivity index (χ3n) is 4.49. The van der Waals surface area contributed by atoms with E-state index in [0.29, 0.717) is 37.2 Å². The van der Waals surface area contributed by atoms with E-state index in [2.05, 4.69) is 16.8 Å². The van der Waals surface area contributed by atoms with Gasteiger partial charge < -0.3 is 4.74 Å². The molecule has 1 aromatic rings. The highest BCUT2D eigenvalue weighted by Crippen LogP contribution is 2.22. The number of sulfonamides is 1. The topological polar surface area (TPSA) is 64.0 Å². The molecule has 3 heterocycles. The van der Waals surface area contributed by atoms with Gasteiger partial charge in [0, 0.05) is 19.2 Å². The largest absolute Gasteiger partial charge is 0.379 e. The number of aromatic amines is 1. The van der Waals surface area contributed by atoms with Gasteiger partial charge in [-0.2, -0.15) is 4.31 Å². The highest BCUT2D eigenvalue weighted by Gasteiger charge is 2.29. The molecular formula is C15H24N3O3S+. The molecule has 1 N–H and O–H groups in total. The summed E-state index contributed by atoms with van der Waals surface area (Å²) in [6, 6.07) is 4.08. The first-order chi connectivity index (χ1) is 10.6. The molecule has 2 saturated heterocycles. The summed E-state index contributed by atoms with van der Waals surface area (Å²) in [5.74, 6) is 0.994. The number of hydrogen-bond acceptors (Lipinski definition) is 4. The maximum Gasteiger partial charge on any atom is 0.274 e. The number of pyridine rings is 1. The van der Waals surface area contributed by atoms with Crippen LogP contribution in [0.15, 0.2) is 23.2 Å². The van der Waals surface area contributed by atoms with E-state index in [1.54, 1.807) is 12.3 Å². The van der Waals surface area contributed by atoms with Crippen molar-refractivity contribution in [3.8, 4) is 0 Å². The molecule has 0 spiro atoms.